The minimum atomic E-state index is -0.0144. The zero-order valence-electron chi connectivity index (χ0n) is 38.5. The summed E-state index contributed by atoms with van der Waals surface area (Å²) in [4.78, 5) is 16.1. The molecule has 68 heavy (non-hydrogen) atoms. The van der Waals surface area contributed by atoms with Gasteiger partial charge in [0.1, 0.15) is 11.2 Å². The Hall–Kier alpha value is -8.41. The Morgan fingerprint density at radius 3 is 1.59 bits per heavy atom. The van der Waals surface area contributed by atoms with Gasteiger partial charge in [-0.15, -0.1) is 0 Å². The first-order valence-electron chi connectivity index (χ1n) is 23.5. The zero-order valence-corrected chi connectivity index (χ0v) is 38.5. The van der Waals surface area contributed by atoms with Crippen LogP contribution in [0.2, 0.25) is 0 Å². The van der Waals surface area contributed by atoms with Crippen molar-refractivity contribution in [3.8, 4) is 73.2 Å². The molecule has 0 unspecified atom stereocenters. The van der Waals surface area contributed by atoms with Crippen molar-refractivity contribution in [2.75, 3.05) is 0 Å². The minimum Gasteiger partial charge on any atom is -0.456 e. The van der Waals surface area contributed by atoms with Crippen LogP contribution in [0.1, 0.15) is 38.8 Å². The Balaban J connectivity index is 1.16. The molecule has 0 saturated heterocycles. The first kappa shape index (κ1) is 41.1. The van der Waals surface area contributed by atoms with Gasteiger partial charge in [-0.3, -0.25) is 0 Å². The number of hydrogen-bond donors (Lipinski definition) is 0. The van der Waals surface area contributed by atoms with Gasteiger partial charge in [0.05, 0.1) is 16.7 Å². The maximum atomic E-state index is 6.40. The van der Waals surface area contributed by atoms with E-state index >= 15 is 0 Å². The monoisotopic (exact) mass is 876 g/mol. The molecule has 0 bridgehead atoms. The highest BCUT2D eigenvalue weighted by molar-refractivity contribution is 6.13. The van der Waals surface area contributed by atoms with Crippen LogP contribution in [0.4, 0.5) is 0 Å². The Morgan fingerprint density at radius 2 is 0.941 bits per heavy atom. The van der Waals surface area contributed by atoms with Crippen LogP contribution in [-0.4, -0.2) is 19.5 Å². The number of fused-ring (bicyclic) bond motifs is 6. The molecule has 9 aromatic carbocycles. The normalized spacial score (nSPS) is 11.9. The maximum absolute atomic E-state index is 6.40. The van der Waals surface area contributed by atoms with Crippen molar-refractivity contribution in [1.82, 2.24) is 19.5 Å². The average molecular weight is 877 g/mol. The lowest BCUT2D eigenvalue weighted by molar-refractivity contribution is 0.591. The van der Waals surface area contributed by atoms with Crippen LogP contribution in [0, 0.1) is 0 Å². The summed E-state index contributed by atoms with van der Waals surface area (Å²) in [7, 11) is 0. The molecule has 5 nitrogen and oxygen atoms in total. The molecule has 12 rings (SSSR count). The number of aryl methyl sites for hydroxylation is 1. The van der Waals surface area contributed by atoms with Crippen LogP contribution in [0.5, 0.6) is 0 Å². The van der Waals surface area contributed by atoms with Crippen molar-refractivity contribution in [3.63, 3.8) is 0 Å². The molecule has 0 aliphatic carbocycles. The van der Waals surface area contributed by atoms with E-state index in [1.165, 1.54) is 21.9 Å². The van der Waals surface area contributed by atoms with E-state index < -0.39 is 0 Å². The summed E-state index contributed by atoms with van der Waals surface area (Å²) in [6.45, 7) is 9.11. The van der Waals surface area contributed by atoms with Crippen molar-refractivity contribution >= 4 is 43.7 Å². The third-order valence-electron chi connectivity index (χ3n) is 13.4. The number of benzene rings is 9. The fraction of sp³-hybridized carbons (Fsp3) is 0.0952. The predicted molar refractivity (Wildman–Crippen MR) is 282 cm³/mol. The van der Waals surface area contributed by atoms with Gasteiger partial charge in [0.15, 0.2) is 17.5 Å². The summed E-state index contributed by atoms with van der Waals surface area (Å²) >= 11 is 0. The second kappa shape index (κ2) is 16.5. The van der Waals surface area contributed by atoms with E-state index in [0.717, 1.165) is 95.2 Å². The highest BCUT2D eigenvalue weighted by Crippen LogP contribution is 2.45. The largest absolute Gasteiger partial charge is 0.456 e. The van der Waals surface area contributed by atoms with Gasteiger partial charge in [-0.2, -0.15) is 0 Å². The summed E-state index contributed by atoms with van der Waals surface area (Å²) in [5.74, 6) is 1.74. The van der Waals surface area contributed by atoms with Crippen LogP contribution in [-0.2, 0) is 11.8 Å². The standard InChI is InChI=1S/C63H48N4O/c1-5-40-28-34-54-52(36-40)53-39-47(63(2,3)4)33-35-55(53)67(54)59-50(43-20-11-7-12-21-43)37-46(38-51(59)44-22-13-8-14-23-44)61-64-60(45-31-29-42(30-32-45)41-18-9-6-10-19-41)65-62(66-61)49-25-17-27-57-58(49)48-24-15-16-26-56(48)68-57/h6-39H,5H2,1-4H3. The Morgan fingerprint density at radius 1 is 0.412 bits per heavy atom. The van der Waals surface area contributed by atoms with Gasteiger partial charge in [0, 0.05) is 49.4 Å². The number of hydrogen-bond acceptors (Lipinski definition) is 4. The highest BCUT2D eigenvalue weighted by atomic mass is 16.3. The van der Waals surface area contributed by atoms with Crippen molar-refractivity contribution in [1.29, 1.82) is 0 Å². The Bertz CT molecular complexity index is 3780. The summed E-state index contributed by atoms with van der Waals surface area (Å²) in [5.41, 5.74) is 16.9. The third-order valence-corrected chi connectivity index (χ3v) is 13.4. The summed E-state index contributed by atoms with van der Waals surface area (Å²) in [6.07, 6.45) is 0.958. The SMILES string of the molecule is CCc1ccc2c(c1)c1cc(C(C)(C)C)ccc1n2-c1c(-c2ccccc2)cc(-c2nc(-c3ccc(-c4ccccc4)cc3)nc(-c3cccc4oc5ccccc5c34)n2)cc1-c1ccccc1. The second-order valence-electron chi connectivity index (χ2n) is 18.7. The van der Waals surface area contributed by atoms with Gasteiger partial charge in [-0.05, 0) is 93.7 Å². The Labute approximate surface area is 396 Å². The fourth-order valence-corrected chi connectivity index (χ4v) is 9.84. The lowest BCUT2D eigenvalue weighted by Crippen LogP contribution is -2.10. The Kier molecular flexibility index (Phi) is 9.95. The first-order chi connectivity index (χ1) is 33.3. The molecule has 0 radical (unpaired) electrons. The van der Waals surface area contributed by atoms with Crippen molar-refractivity contribution in [3.05, 3.63) is 217 Å². The molecule has 12 aromatic rings. The van der Waals surface area contributed by atoms with Crippen LogP contribution in [0.25, 0.3) is 117 Å². The smallest absolute Gasteiger partial charge is 0.164 e. The number of furan rings is 1. The molecule has 0 aliphatic rings. The molecule has 0 saturated carbocycles. The van der Waals surface area contributed by atoms with E-state index in [2.05, 4.69) is 202 Å². The molecular weight excluding hydrogens is 829 g/mol. The molecule has 0 aliphatic heterocycles. The van der Waals surface area contributed by atoms with E-state index in [9.17, 15) is 0 Å². The second-order valence-corrected chi connectivity index (χ2v) is 18.7. The molecule has 0 N–H and O–H groups in total. The third kappa shape index (κ3) is 7.15. The van der Waals surface area contributed by atoms with E-state index in [4.69, 9.17) is 19.4 Å². The van der Waals surface area contributed by atoms with Crippen LogP contribution in [0.3, 0.4) is 0 Å². The quantitative estimate of drug-likeness (QED) is 0.153. The predicted octanol–water partition coefficient (Wildman–Crippen LogP) is 16.7. The van der Waals surface area contributed by atoms with Crippen molar-refractivity contribution < 1.29 is 4.42 Å². The van der Waals surface area contributed by atoms with E-state index in [-0.39, 0.29) is 5.41 Å². The summed E-state index contributed by atoms with van der Waals surface area (Å²) in [6, 6.07) is 73.4. The number of nitrogens with zero attached hydrogens (tertiary/aromatic N) is 4. The topological polar surface area (TPSA) is 56.7 Å². The summed E-state index contributed by atoms with van der Waals surface area (Å²) in [5, 5.41) is 4.49. The fourth-order valence-electron chi connectivity index (χ4n) is 9.84. The summed E-state index contributed by atoms with van der Waals surface area (Å²) < 4.78 is 8.90. The number of aromatic nitrogens is 4. The van der Waals surface area contributed by atoms with Gasteiger partial charge >= 0.3 is 0 Å². The van der Waals surface area contributed by atoms with E-state index in [0.29, 0.717) is 17.5 Å². The number of rotatable bonds is 8. The van der Waals surface area contributed by atoms with E-state index in [1.54, 1.807) is 0 Å². The molecule has 0 spiro atoms. The molecule has 326 valence electrons. The average Bonchev–Trinajstić information content (AvgIpc) is 3.94. The molecule has 0 atom stereocenters. The number of para-hydroxylation sites is 1. The first-order valence-corrected chi connectivity index (χ1v) is 23.5. The van der Waals surface area contributed by atoms with E-state index in [1.807, 2.05) is 36.4 Å². The van der Waals surface area contributed by atoms with Gasteiger partial charge < -0.3 is 8.98 Å². The molecule has 0 amide bonds. The maximum Gasteiger partial charge on any atom is 0.164 e. The van der Waals surface area contributed by atoms with Crippen LogP contribution >= 0.6 is 0 Å². The van der Waals surface area contributed by atoms with Gasteiger partial charge in [0.25, 0.3) is 0 Å². The molecule has 0 fully saturated rings. The lowest BCUT2D eigenvalue weighted by Gasteiger charge is -2.22. The molecular formula is C63H48N4O. The molecule has 5 heteroatoms. The van der Waals surface area contributed by atoms with Gasteiger partial charge in [0.2, 0.25) is 0 Å². The molecule has 3 aromatic heterocycles. The zero-order chi connectivity index (χ0) is 45.9. The molecule has 3 heterocycles. The van der Waals surface area contributed by atoms with Gasteiger partial charge in [-0.25, -0.2) is 15.0 Å². The van der Waals surface area contributed by atoms with Crippen LogP contribution in [0.15, 0.2) is 211 Å². The van der Waals surface area contributed by atoms with Crippen molar-refractivity contribution in [2.24, 2.45) is 0 Å². The van der Waals surface area contributed by atoms with Gasteiger partial charge in [-0.1, -0.05) is 185 Å². The van der Waals surface area contributed by atoms with Crippen LogP contribution < -0.4 is 0 Å². The minimum absolute atomic E-state index is 0.0144. The highest BCUT2D eigenvalue weighted by Gasteiger charge is 2.25. The lowest BCUT2D eigenvalue weighted by atomic mass is 9.86. The van der Waals surface area contributed by atoms with Crippen molar-refractivity contribution in [2.45, 2.75) is 39.5 Å².